The lowest BCUT2D eigenvalue weighted by Crippen LogP contribution is -2.03. The van der Waals surface area contributed by atoms with Crippen molar-refractivity contribution in [2.75, 3.05) is 13.7 Å². The van der Waals surface area contributed by atoms with Crippen LogP contribution in [-0.4, -0.2) is 23.3 Å². The molecule has 0 aliphatic carbocycles. The van der Waals surface area contributed by atoms with Crippen LogP contribution in [0, 0.1) is 0 Å². The first-order valence-electron chi connectivity index (χ1n) is 5.28. The van der Waals surface area contributed by atoms with E-state index in [1.807, 2.05) is 6.20 Å². The van der Waals surface area contributed by atoms with Crippen molar-refractivity contribution in [2.45, 2.75) is 19.9 Å². The largest absolute Gasteiger partial charge is 0.383 e. The van der Waals surface area contributed by atoms with Crippen molar-refractivity contribution in [1.82, 2.24) is 9.55 Å². The number of nitrogens with zero attached hydrogens (tertiary/aromatic N) is 2. The Kier molecular flexibility index (Phi) is 3.02. The lowest BCUT2D eigenvalue weighted by atomic mass is 10.1. The van der Waals surface area contributed by atoms with E-state index >= 15 is 0 Å². The average molecular weight is 204 g/mol. The molecule has 0 saturated heterocycles. The molecule has 2 rings (SSSR count). The maximum atomic E-state index is 5.07. The summed E-state index contributed by atoms with van der Waals surface area (Å²) < 4.78 is 7.21. The summed E-state index contributed by atoms with van der Waals surface area (Å²) in [5.41, 5.74) is 2.42. The lowest BCUT2D eigenvalue weighted by Gasteiger charge is -2.04. The summed E-state index contributed by atoms with van der Waals surface area (Å²) in [6.07, 6.45) is 5.01. The van der Waals surface area contributed by atoms with Gasteiger partial charge in [0.05, 0.1) is 6.61 Å². The molecule has 0 fully saturated rings. The highest BCUT2D eigenvalue weighted by atomic mass is 16.5. The van der Waals surface area contributed by atoms with Gasteiger partial charge >= 0.3 is 0 Å². The first-order valence-corrected chi connectivity index (χ1v) is 5.28. The molecule has 0 unspecified atom stereocenters. The van der Waals surface area contributed by atoms with E-state index in [0.29, 0.717) is 0 Å². The molecular formula is C12H16N2O. The van der Waals surface area contributed by atoms with Crippen LogP contribution in [0.25, 0.3) is 11.0 Å². The fourth-order valence-corrected chi connectivity index (χ4v) is 1.82. The summed E-state index contributed by atoms with van der Waals surface area (Å²) in [5.74, 6) is 0. The van der Waals surface area contributed by atoms with Gasteiger partial charge in [0.15, 0.2) is 0 Å². The molecule has 2 aromatic heterocycles. The SMILES string of the molecule is CCc1ccnc2c1ccn2CCOC. The molecule has 0 amide bonds. The summed E-state index contributed by atoms with van der Waals surface area (Å²) in [5, 5.41) is 1.26. The number of aromatic nitrogens is 2. The molecule has 2 heterocycles. The average Bonchev–Trinajstić information content (AvgIpc) is 2.69. The molecule has 0 N–H and O–H groups in total. The van der Waals surface area contributed by atoms with E-state index in [9.17, 15) is 0 Å². The normalized spacial score (nSPS) is 11.1. The number of aryl methyl sites for hydroxylation is 1. The highest BCUT2D eigenvalue weighted by Crippen LogP contribution is 2.18. The number of hydrogen-bond donors (Lipinski definition) is 0. The minimum absolute atomic E-state index is 0.724. The molecule has 0 aliphatic heterocycles. The van der Waals surface area contributed by atoms with E-state index in [1.54, 1.807) is 7.11 Å². The van der Waals surface area contributed by atoms with Crippen molar-refractivity contribution in [3.8, 4) is 0 Å². The van der Waals surface area contributed by atoms with Crippen LogP contribution in [0.5, 0.6) is 0 Å². The van der Waals surface area contributed by atoms with E-state index in [0.717, 1.165) is 25.2 Å². The number of pyridine rings is 1. The Hall–Kier alpha value is -1.35. The minimum atomic E-state index is 0.724. The summed E-state index contributed by atoms with van der Waals surface area (Å²) in [4.78, 5) is 4.41. The van der Waals surface area contributed by atoms with Gasteiger partial charge in [-0.05, 0) is 24.1 Å². The van der Waals surface area contributed by atoms with Crippen molar-refractivity contribution in [3.05, 3.63) is 30.1 Å². The predicted molar refractivity (Wildman–Crippen MR) is 61.0 cm³/mol. The molecule has 0 bridgehead atoms. The van der Waals surface area contributed by atoms with E-state index in [2.05, 4.69) is 34.8 Å². The van der Waals surface area contributed by atoms with Crippen molar-refractivity contribution in [1.29, 1.82) is 0 Å². The Labute approximate surface area is 89.7 Å². The summed E-state index contributed by atoms with van der Waals surface area (Å²) in [6, 6.07) is 4.22. The summed E-state index contributed by atoms with van der Waals surface area (Å²) in [7, 11) is 1.72. The van der Waals surface area contributed by atoms with Crippen molar-refractivity contribution in [2.24, 2.45) is 0 Å². The van der Waals surface area contributed by atoms with E-state index in [4.69, 9.17) is 4.74 Å². The Bertz CT molecular complexity index is 448. The second-order valence-electron chi connectivity index (χ2n) is 3.56. The second kappa shape index (κ2) is 4.45. The van der Waals surface area contributed by atoms with Gasteiger partial charge in [0.25, 0.3) is 0 Å². The zero-order valence-corrected chi connectivity index (χ0v) is 9.23. The van der Waals surface area contributed by atoms with Gasteiger partial charge in [-0.1, -0.05) is 6.92 Å². The van der Waals surface area contributed by atoms with Crippen molar-refractivity contribution >= 4 is 11.0 Å². The number of hydrogen-bond acceptors (Lipinski definition) is 2. The van der Waals surface area contributed by atoms with Gasteiger partial charge in [-0.25, -0.2) is 4.98 Å². The zero-order valence-electron chi connectivity index (χ0n) is 9.23. The van der Waals surface area contributed by atoms with E-state index < -0.39 is 0 Å². The molecule has 2 aromatic rings. The Morgan fingerprint density at radius 1 is 1.40 bits per heavy atom. The van der Waals surface area contributed by atoms with Gasteiger partial charge in [0.2, 0.25) is 0 Å². The molecule has 0 radical (unpaired) electrons. The second-order valence-corrected chi connectivity index (χ2v) is 3.56. The lowest BCUT2D eigenvalue weighted by molar-refractivity contribution is 0.188. The van der Waals surface area contributed by atoms with Gasteiger partial charge in [-0.2, -0.15) is 0 Å². The Balaban J connectivity index is 2.42. The fraction of sp³-hybridized carbons (Fsp3) is 0.417. The molecule has 3 nitrogen and oxygen atoms in total. The first-order chi connectivity index (χ1) is 7.36. The monoisotopic (exact) mass is 204 g/mol. The number of rotatable bonds is 4. The maximum absolute atomic E-state index is 5.07. The van der Waals surface area contributed by atoms with E-state index in [-0.39, 0.29) is 0 Å². The van der Waals surface area contributed by atoms with Crippen LogP contribution in [0.2, 0.25) is 0 Å². The molecule has 0 saturated carbocycles. The van der Waals surface area contributed by atoms with Gasteiger partial charge in [-0.15, -0.1) is 0 Å². The van der Waals surface area contributed by atoms with Crippen LogP contribution in [0.15, 0.2) is 24.5 Å². The van der Waals surface area contributed by atoms with Gasteiger partial charge in [0, 0.05) is 31.4 Å². The highest BCUT2D eigenvalue weighted by Gasteiger charge is 2.04. The Morgan fingerprint density at radius 2 is 2.27 bits per heavy atom. The third-order valence-corrected chi connectivity index (χ3v) is 2.67. The summed E-state index contributed by atoms with van der Waals surface area (Å²) >= 11 is 0. The quantitative estimate of drug-likeness (QED) is 0.763. The molecule has 80 valence electrons. The smallest absolute Gasteiger partial charge is 0.140 e. The fourth-order valence-electron chi connectivity index (χ4n) is 1.82. The zero-order chi connectivity index (χ0) is 10.7. The van der Waals surface area contributed by atoms with Gasteiger partial charge < -0.3 is 9.30 Å². The Morgan fingerprint density at radius 3 is 3.00 bits per heavy atom. The maximum Gasteiger partial charge on any atom is 0.140 e. The van der Waals surface area contributed by atoms with Crippen LogP contribution < -0.4 is 0 Å². The van der Waals surface area contributed by atoms with E-state index in [1.165, 1.54) is 10.9 Å². The van der Waals surface area contributed by atoms with Crippen LogP contribution in [-0.2, 0) is 17.7 Å². The number of fused-ring (bicyclic) bond motifs is 1. The molecule has 0 spiro atoms. The van der Waals surface area contributed by atoms with Crippen LogP contribution >= 0.6 is 0 Å². The molecule has 0 atom stereocenters. The third-order valence-electron chi connectivity index (χ3n) is 2.67. The highest BCUT2D eigenvalue weighted by molar-refractivity contribution is 5.79. The van der Waals surface area contributed by atoms with Gasteiger partial charge in [0.1, 0.15) is 5.65 Å². The molecule has 0 aromatic carbocycles. The number of ether oxygens (including phenoxy) is 1. The molecule has 3 heteroatoms. The van der Waals surface area contributed by atoms with Crippen molar-refractivity contribution < 1.29 is 4.74 Å². The van der Waals surface area contributed by atoms with Gasteiger partial charge in [-0.3, -0.25) is 0 Å². The first kappa shape index (κ1) is 10.2. The molecule has 0 aliphatic rings. The van der Waals surface area contributed by atoms with Crippen LogP contribution in [0.3, 0.4) is 0 Å². The predicted octanol–water partition coefficient (Wildman–Crippen LogP) is 2.25. The molecule has 15 heavy (non-hydrogen) atoms. The van der Waals surface area contributed by atoms with Crippen LogP contribution in [0.1, 0.15) is 12.5 Å². The number of methoxy groups -OCH3 is 1. The summed E-state index contributed by atoms with van der Waals surface area (Å²) in [6.45, 7) is 3.75. The third kappa shape index (κ3) is 1.88. The topological polar surface area (TPSA) is 27.1 Å². The van der Waals surface area contributed by atoms with Crippen molar-refractivity contribution in [3.63, 3.8) is 0 Å². The standard InChI is InChI=1S/C12H16N2O/c1-3-10-4-6-13-12-11(10)5-7-14(12)8-9-15-2/h4-7H,3,8-9H2,1-2H3. The van der Waals surface area contributed by atoms with Crippen LogP contribution in [0.4, 0.5) is 0 Å². The molecular weight excluding hydrogens is 188 g/mol. The minimum Gasteiger partial charge on any atom is -0.383 e.